The van der Waals surface area contributed by atoms with Crippen LogP contribution in [0.15, 0.2) is 57.5 Å². The highest BCUT2D eigenvalue weighted by atomic mass is 79.9. The molecular weight excluding hydrogens is 384 g/mol. The van der Waals surface area contributed by atoms with Gasteiger partial charge in [-0.2, -0.15) is 0 Å². The molecule has 0 spiro atoms. The van der Waals surface area contributed by atoms with Crippen molar-refractivity contribution in [2.75, 3.05) is 6.61 Å². The van der Waals surface area contributed by atoms with E-state index in [0.717, 1.165) is 20.1 Å². The van der Waals surface area contributed by atoms with Crippen molar-refractivity contribution in [3.8, 4) is 0 Å². The summed E-state index contributed by atoms with van der Waals surface area (Å²) < 4.78 is 7.54. The van der Waals surface area contributed by atoms with Gasteiger partial charge in [-0.05, 0) is 23.3 Å². The summed E-state index contributed by atoms with van der Waals surface area (Å²) >= 11 is 7.00. The number of hydrogen-bond acceptors (Lipinski definition) is 2. The van der Waals surface area contributed by atoms with Crippen molar-refractivity contribution >= 4 is 31.9 Å². The Labute approximate surface area is 136 Å². The number of ether oxygens (including phenoxy) is 1. The summed E-state index contributed by atoms with van der Waals surface area (Å²) in [6.45, 7) is 0.845. The van der Waals surface area contributed by atoms with Crippen molar-refractivity contribution < 1.29 is 9.84 Å². The van der Waals surface area contributed by atoms with E-state index in [-0.39, 0.29) is 0 Å². The average Bonchev–Trinajstić information content (AvgIpc) is 2.44. The summed E-state index contributed by atoms with van der Waals surface area (Å²) in [6.07, 6.45) is 0.0327. The van der Waals surface area contributed by atoms with Gasteiger partial charge in [0, 0.05) is 15.4 Å². The van der Waals surface area contributed by atoms with Crippen molar-refractivity contribution in [3.63, 3.8) is 0 Å². The summed E-state index contributed by atoms with van der Waals surface area (Å²) in [5.74, 6) is 0. The van der Waals surface area contributed by atoms with Crippen molar-refractivity contribution in [3.05, 3.63) is 68.6 Å². The Hall–Kier alpha value is -0.680. The fourth-order valence-corrected chi connectivity index (χ4v) is 3.23. The Morgan fingerprint density at radius 2 is 1.60 bits per heavy atom. The monoisotopic (exact) mass is 398 g/mol. The lowest BCUT2D eigenvalue weighted by Crippen LogP contribution is -2.18. The maximum absolute atomic E-state index is 10.1. The van der Waals surface area contributed by atoms with Crippen LogP contribution in [-0.2, 0) is 17.8 Å². The fraction of sp³-hybridized carbons (Fsp3) is 0.250. The topological polar surface area (TPSA) is 29.5 Å². The molecular formula is C16H16Br2O2. The first-order valence-electron chi connectivity index (χ1n) is 6.39. The first-order chi connectivity index (χ1) is 9.66. The minimum Gasteiger partial charge on any atom is -0.390 e. The predicted octanol–water partition coefficient (Wildman–Crippen LogP) is 4.33. The summed E-state index contributed by atoms with van der Waals surface area (Å²) in [7, 11) is 0. The maximum Gasteiger partial charge on any atom is 0.0814 e. The number of halogens is 2. The molecule has 0 fully saturated rings. The average molecular weight is 400 g/mol. The Kier molecular flexibility index (Phi) is 6.23. The standard InChI is InChI=1S/C16H16Br2O2/c17-15-7-4-8-16(18)14(15)9-13(19)11-20-10-12-5-2-1-3-6-12/h1-8,13,19H,9-11H2/t13-/m0/s1. The van der Waals surface area contributed by atoms with Gasteiger partial charge in [0.25, 0.3) is 0 Å². The molecule has 0 saturated heterocycles. The zero-order valence-corrected chi connectivity index (χ0v) is 14.1. The number of hydrogen-bond donors (Lipinski definition) is 1. The van der Waals surface area contributed by atoms with Gasteiger partial charge < -0.3 is 9.84 Å². The summed E-state index contributed by atoms with van der Waals surface area (Å²) in [5, 5.41) is 10.1. The lowest BCUT2D eigenvalue weighted by atomic mass is 10.1. The van der Waals surface area contributed by atoms with Gasteiger partial charge in [-0.15, -0.1) is 0 Å². The molecule has 1 N–H and O–H groups in total. The van der Waals surface area contributed by atoms with E-state index in [0.29, 0.717) is 19.6 Å². The molecule has 106 valence electrons. The molecule has 0 heterocycles. The molecule has 0 aliphatic heterocycles. The number of aliphatic hydroxyl groups excluding tert-OH is 1. The van der Waals surface area contributed by atoms with Gasteiger partial charge in [0.1, 0.15) is 0 Å². The van der Waals surface area contributed by atoms with E-state index in [1.807, 2.05) is 48.5 Å². The summed E-state index contributed by atoms with van der Waals surface area (Å²) in [5.41, 5.74) is 2.17. The minimum absolute atomic E-state index is 0.322. The van der Waals surface area contributed by atoms with Crippen molar-refractivity contribution in [2.45, 2.75) is 19.1 Å². The lowest BCUT2D eigenvalue weighted by molar-refractivity contribution is 0.0287. The smallest absolute Gasteiger partial charge is 0.0814 e. The molecule has 0 amide bonds. The molecule has 0 bridgehead atoms. The fourth-order valence-electron chi connectivity index (χ4n) is 1.91. The Bertz CT molecular complexity index is 523. The lowest BCUT2D eigenvalue weighted by Gasteiger charge is -2.14. The van der Waals surface area contributed by atoms with Crippen LogP contribution in [0.5, 0.6) is 0 Å². The summed E-state index contributed by atoms with van der Waals surface area (Å²) in [6, 6.07) is 15.8. The molecule has 2 rings (SSSR count). The van der Waals surface area contributed by atoms with E-state index in [1.165, 1.54) is 0 Å². The third-order valence-corrected chi connectivity index (χ3v) is 4.41. The quantitative estimate of drug-likeness (QED) is 0.783. The number of aliphatic hydroxyl groups is 1. The van der Waals surface area contributed by atoms with Crippen LogP contribution >= 0.6 is 31.9 Å². The zero-order valence-electron chi connectivity index (χ0n) is 10.9. The van der Waals surface area contributed by atoms with Crippen LogP contribution in [-0.4, -0.2) is 17.8 Å². The minimum atomic E-state index is -0.520. The second-order valence-electron chi connectivity index (χ2n) is 4.56. The molecule has 0 radical (unpaired) electrons. The van der Waals surface area contributed by atoms with Crippen LogP contribution in [0.1, 0.15) is 11.1 Å². The van der Waals surface area contributed by atoms with E-state index in [2.05, 4.69) is 31.9 Å². The van der Waals surface area contributed by atoms with Gasteiger partial charge >= 0.3 is 0 Å². The van der Waals surface area contributed by atoms with Crippen LogP contribution in [0.3, 0.4) is 0 Å². The van der Waals surface area contributed by atoms with Gasteiger partial charge in [-0.1, -0.05) is 68.3 Å². The van der Waals surface area contributed by atoms with Gasteiger partial charge in [0.2, 0.25) is 0 Å². The van der Waals surface area contributed by atoms with Gasteiger partial charge in [0.05, 0.1) is 19.3 Å². The number of rotatable bonds is 6. The van der Waals surface area contributed by atoms with E-state index in [4.69, 9.17) is 4.74 Å². The van der Waals surface area contributed by atoms with E-state index >= 15 is 0 Å². The maximum atomic E-state index is 10.1. The Morgan fingerprint density at radius 1 is 0.950 bits per heavy atom. The molecule has 1 atom stereocenters. The highest BCUT2D eigenvalue weighted by Gasteiger charge is 2.11. The third-order valence-electron chi connectivity index (χ3n) is 2.92. The van der Waals surface area contributed by atoms with Crippen LogP contribution in [0, 0.1) is 0 Å². The predicted molar refractivity (Wildman–Crippen MR) is 87.7 cm³/mol. The second-order valence-corrected chi connectivity index (χ2v) is 6.27. The normalized spacial score (nSPS) is 12.3. The van der Waals surface area contributed by atoms with Crippen LogP contribution in [0.25, 0.3) is 0 Å². The molecule has 2 nitrogen and oxygen atoms in total. The summed E-state index contributed by atoms with van der Waals surface area (Å²) in [4.78, 5) is 0. The van der Waals surface area contributed by atoms with Crippen LogP contribution < -0.4 is 0 Å². The Morgan fingerprint density at radius 3 is 2.25 bits per heavy atom. The second kappa shape index (κ2) is 7.93. The van der Waals surface area contributed by atoms with E-state index in [1.54, 1.807) is 0 Å². The molecule has 0 aliphatic rings. The van der Waals surface area contributed by atoms with Gasteiger partial charge in [-0.25, -0.2) is 0 Å². The zero-order chi connectivity index (χ0) is 14.4. The molecule has 0 unspecified atom stereocenters. The van der Waals surface area contributed by atoms with Crippen LogP contribution in [0.4, 0.5) is 0 Å². The molecule has 2 aromatic carbocycles. The number of benzene rings is 2. The van der Waals surface area contributed by atoms with E-state index in [9.17, 15) is 5.11 Å². The highest BCUT2D eigenvalue weighted by Crippen LogP contribution is 2.26. The Balaban J connectivity index is 1.82. The molecule has 4 heteroatoms. The molecule has 0 aliphatic carbocycles. The van der Waals surface area contributed by atoms with Gasteiger partial charge in [-0.3, -0.25) is 0 Å². The SMILES string of the molecule is O[C@H](COCc1ccccc1)Cc1c(Br)cccc1Br. The van der Waals surface area contributed by atoms with Crippen molar-refractivity contribution in [1.29, 1.82) is 0 Å². The molecule has 2 aromatic rings. The van der Waals surface area contributed by atoms with Crippen molar-refractivity contribution in [1.82, 2.24) is 0 Å². The first kappa shape index (κ1) is 15.7. The molecule has 0 aromatic heterocycles. The molecule has 0 saturated carbocycles. The van der Waals surface area contributed by atoms with E-state index < -0.39 is 6.10 Å². The largest absolute Gasteiger partial charge is 0.390 e. The third kappa shape index (κ3) is 4.70. The first-order valence-corrected chi connectivity index (χ1v) is 7.98. The van der Waals surface area contributed by atoms with Crippen molar-refractivity contribution in [2.24, 2.45) is 0 Å². The molecule has 20 heavy (non-hydrogen) atoms. The van der Waals surface area contributed by atoms with Crippen LogP contribution in [0.2, 0.25) is 0 Å². The van der Waals surface area contributed by atoms with Gasteiger partial charge in [0.15, 0.2) is 0 Å². The highest BCUT2D eigenvalue weighted by molar-refractivity contribution is 9.11.